The number of halogens is 1. The van der Waals surface area contributed by atoms with Gasteiger partial charge in [-0.2, -0.15) is 0 Å². The number of furan rings is 1. The first-order valence-electron chi connectivity index (χ1n) is 9.37. The highest BCUT2D eigenvalue weighted by Crippen LogP contribution is 2.29. The van der Waals surface area contributed by atoms with Gasteiger partial charge in [-0.25, -0.2) is 8.42 Å². The molecule has 3 rings (SSSR count). The average molecular weight is 505 g/mol. The summed E-state index contributed by atoms with van der Waals surface area (Å²) in [6, 6.07) is 14.7. The third kappa shape index (κ3) is 6.22. The van der Waals surface area contributed by atoms with Crippen LogP contribution in [0.5, 0.6) is 5.75 Å². The van der Waals surface area contributed by atoms with Crippen LogP contribution in [0.3, 0.4) is 0 Å². The number of anilines is 2. The molecule has 1 aromatic heterocycles. The van der Waals surface area contributed by atoms with Gasteiger partial charge in [-0.3, -0.25) is 9.52 Å². The number of amides is 1. The van der Waals surface area contributed by atoms with Crippen LogP contribution in [0.25, 0.3) is 6.08 Å². The fourth-order valence-electron chi connectivity index (χ4n) is 2.68. The summed E-state index contributed by atoms with van der Waals surface area (Å²) in [5.41, 5.74) is 0.868. The molecule has 0 unspecified atom stereocenters. The Morgan fingerprint density at radius 1 is 1.10 bits per heavy atom. The lowest BCUT2D eigenvalue weighted by molar-refractivity contribution is -0.111. The van der Waals surface area contributed by atoms with E-state index in [2.05, 4.69) is 26.0 Å². The van der Waals surface area contributed by atoms with Crippen LogP contribution in [0.15, 0.2) is 74.5 Å². The molecular formula is C22H21BrN2O5S. The highest BCUT2D eigenvalue weighted by Gasteiger charge is 2.20. The van der Waals surface area contributed by atoms with Crippen molar-refractivity contribution >= 4 is 49.3 Å². The van der Waals surface area contributed by atoms with E-state index in [1.165, 1.54) is 12.1 Å². The second-order valence-corrected chi connectivity index (χ2v) is 9.04. The third-order valence-electron chi connectivity index (χ3n) is 4.06. The van der Waals surface area contributed by atoms with Crippen LogP contribution in [0.2, 0.25) is 0 Å². The standard InChI is InChI=1S/C22H21BrN2O5S/c1-3-29-20-12-5-16(23)14-21(20)31(27,28)25-18-8-6-17(7-9-18)24-22(26)13-11-19-10-4-15(2)30-19/h4-14,25H,3H2,1-2H3,(H,24,26). The van der Waals surface area contributed by atoms with Crippen LogP contribution in [0.4, 0.5) is 11.4 Å². The number of sulfonamides is 1. The third-order valence-corrected chi connectivity index (χ3v) is 5.96. The average Bonchev–Trinajstić information content (AvgIpc) is 3.14. The van der Waals surface area contributed by atoms with E-state index in [1.54, 1.807) is 55.5 Å². The van der Waals surface area contributed by atoms with Crippen LogP contribution in [-0.4, -0.2) is 20.9 Å². The van der Waals surface area contributed by atoms with E-state index in [9.17, 15) is 13.2 Å². The van der Waals surface area contributed by atoms with Gasteiger partial charge in [0.05, 0.1) is 6.61 Å². The zero-order valence-corrected chi connectivity index (χ0v) is 19.3. The van der Waals surface area contributed by atoms with E-state index in [1.807, 2.05) is 13.0 Å². The van der Waals surface area contributed by atoms with E-state index in [4.69, 9.17) is 9.15 Å². The molecule has 1 heterocycles. The SMILES string of the molecule is CCOc1ccc(Br)cc1S(=O)(=O)Nc1ccc(NC(=O)C=Cc2ccc(C)o2)cc1. The maximum absolute atomic E-state index is 12.8. The molecule has 1 amide bonds. The fourth-order valence-corrected chi connectivity index (χ4v) is 4.43. The molecule has 0 aliphatic carbocycles. The Morgan fingerprint density at radius 2 is 1.81 bits per heavy atom. The summed E-state index contributed by atoms with van der Waals surface area (Å²) < 4.78 is 39.6. The Labute approximate surface area is 189 Å². The van der Waals surface area contributed by atoms with Crippen LogP contribution in [0, 0.1) is 6.92 Å². The van der Waals surface area contributed by atoms with Crippen molar-refractivity contribution in [3.05, 3.63) is 76.7 Å². The Balaban J connectivity index is 1.68. The predicted octanol–water partition coefficient (Wildman–Crippen LogP) is 5.20. The second kappa shape index (κ2) is 9.84. The molecule has 0 atom stereocenters. The molecule has 0 bridgehead atoms. The summed E-state index contributed by atoms with van der Waals surface area (Å²) in [7, 11) is -3.88. The Morgan fingerprint density at radius 3 is 2.45 bits per heavy atom. The monoisotopic (exact) mass is 504 g/mol. The van der Waals surface area contributed by atoms with Crippen molar-refractivity contribution in [2.24, 2.45) is 0 Å². The lowest BCUT2D eigenvalue weighted by atomic mass is 10.3. The molecule has 0 fully saturated rings. The van der Waals surface area contributed by atoms with Gasteiger partial charge >= 0.3 is 0 Å². The number of ether oxygens (including phenoxy) is 1. The minimum absolute atomic E-state index is 0.0272. The summed E-state index contributed by atoms with van der Waals surface area (Å²) in [4.78, 5) is 12.1. The van der Waals surface area contributed by atoms with Crippen LogP contribution < -0.4 is 14.8 Å². The maximum atomic E-state index is 12.8. The number of rotatable bonds is 8. The largest absolute Gasteiger partial charge is 0.492 e. The fraction of sp³-hybridized carbons (Fsp3) is 0.136. The van der Waals surface area contributed by atoms with Crippen molar-refractivity contribution in [2.45, 2.75) is 18.7 Å². The molecule has 0 saturated heterocycles. The van der Waals surface area contributed by atoms with Gasteiger partial charge in [0.1, 0.15) is 22.2 Å². The molecule has 0 saturated carbocycles. The van der Waals surface area contributed by atoms with Gasteiger partial charge in [0, 0.05) is 21.9 Å². The van der Waals surface area contributed by atoms with Crippen LogP contribution >= 0.6 is 15.9 Å². The maximum Gasteiger partial charge on any atom is 0.265 e. The van der Waals surface area contributed by atoms with Gasteiger partial charge in [0.15, 0.2) is 0 Å². The molecule has 31 heavy (non-hydrogen) atoms. The number of nitrogens with one attached hydrogen (secondary N) is 2. The van der Waals surface area contributed by atoms with Gasteiger partial charge in [-0.15, -0.1) is 0 Å². The van der Waals surface area contributed by atoms with E-state index < -0.39 is 10.0 Å². The minimum atomic E-state index is -3.88. The van der Waals surface area contributed by atoms with Gasteiger partial charge in [-0.05, 0) is 74.5 Å². The molecule has 0 spiro atoms. The zero-order valence-electron chi connectivity index (χ0n) is 16.9. The number of hydrogen-bond donors (Lipinski definition) is 2. The topological polar surface area (TPSA) is 97.6 Å². The highest BCUT2D eigenvalue weighted by molar-refractivity contribution is 9.10. The number of benzene rings is 2. The van der Waals surface area contributed by atoms with Crippen LogP contribution in [0.1, 0.15) is 18.4 Å². The molecule has 162 valence electrons. The Bertz CT molecular complexity index is 1200. The predicted molar refractivity (Wildman–Crippen MR) is 124 cm³/mol. The molecular weight excluding hydrogens is 484 g/mol. The minimum Gasteiger partial charge on any atom is -0.492 e. The summed E-state index contributed by atoms with van der Waals surface area (Å²) in [6.45, 7) is 3.94. The van der Waals surface area contributed by atoms with E-state index in [0.717, 1.165) is 5.76 Å². The first-order chi connectivity index (χ1) is 14.8. The first kappa shape index (κ1) is 22.6. The number of carbonyl (C=O) groups excluding carboxylic acids is 1. The molecule has 9 heteroatoms. The summed E-state index contributed by atoms with van der Waals surface area (Å²) in [5.74, 6) is 1.27. The van der Waals surface area contributed by atoms with Crippen molar-refractivity contribution in [1.29, 1.82) is 0 Å². The second-order valence-electron chi connectivity index (χ2n) is 6.48. The molecule has 2 N–H and O–H groups in total. The summed E-state index contributed by atoms with van der Waals surface area (Å²) >= 11 is 3.29. The lowest BCUT2D eigenvalue weighted by Crippen LogP contribution is -2.15. The van der Waals surface area contributed by atoms with Crippen molar-refractivity contribution in [3.63, 3.8) is 0 Å². The smallest absolute Gasteiger partial charge is 0.265 e. The molecule has 3 aromatic rings. The summed E-state index contributed by atoms with van der Waals surface area (Å²) in [6.07, 6.45) is 2.93. The normalized spacial score (nSPS) is 11.5. The van der Waals surface area contributed by atoms with Crippen molar-refractivity contribution in [2.75, 3.05) is 16.6 Å². The number of aryl methyl sites for hydroxylation is 1. The Kier molecular flexibility index (Phi) is 7.19. The van der Waals surface area contributed by atoms with Crippen molar-refractivity contribution in [1.82, 2.24) is 0 Å². The zero-order chi connectivity index (χ0) is 22.4. The lowest BCUT2D eigenvalue weighted by Gasteiger charge is -2.13. The quantitative estimate of drug-likeness (QED) is 0.410. The van der Waals surface area contributed by atoms with E-state index >= 15 is 0 Å². The highest BCUT2D eigenvalue weighted by atomic mass is 79.9. The van der Waals surface area contributed by atoms with Gasteiger partial charge < -0.3 is 14.5 Å². The summed E-state index contributed by atoms with van der Waals surface area (Å²) in [5, 5.41) is 2.70. The van der Waals surface area contributed by atoms with E-state index in [0.29, 0.717) is 28.2 Å². The molecule has 7 nitrogen and oxygen atoms in total. The van der Waals surface area contributed by atoms with Crippen molar-refractivity contribution < 1.29 is 22.4 Å². The van der Waals surface area contributed by atoms with Crippen molar-refractivity contribution in [3.8, 4) is 5.75 Å². The molecule has 0 aliphatic rings. The first-order valence-corrected chi connectivity index (χ1v) is 11.6. The van der Waals surface area contributed by atoms with E-state index in [-0.39, 0.29) is 16.6 Å². The van der Waals surface area contributed by atoms with Gasteiger partial charge in [0.2, 0.25) is 5.91 Å². The molecule has 0 radical (unpaired) electrons. The molecule has 0 aliphatic heterocycles. The Hall–Kier alpha value is -3.04. The van der Waals surface area contributed by atoms with Gasteiger partial charge in [-0.1, -0.05) is 15.9 Å². The molecule has 2 aromatic carbocycles. The number of carbonyl (C=O) groups is 1. The number of hydrogen-bond acceptors (Lipinski definition) is 5. The van der Waals surface area contributed by atoms with Gasteiger partial charge in [0.25, 0.3) is 10.0 Å². The van der Waals surface area contributed by atoms with Crippen LogP contribution in [-0.2, 0) is 14.8 Å².